The molecule has 1 N–H and O–H groups in total. The van der Waals surface area contributed by atoms with Gasteiger partial charge in [-0.15, -0.1) is 0 Å². The van der Waals surface area contributed by atoms with Crippen LogP contribution in [0.3, 0.4) is 0 Å². The molecule has 0 aliphatic rings. The van der Waals surface area contributed by atoms with Gasteiger partial charge in [0.25, 0.3) is 0 Å². The number of aryl methyl sites for hydroxylation is 2. The van der Waals surface area contributed by atoms with Crippen molar-refractivity contribution in [2.75, 3.05) is 0 Å². The summed E-state index contributed by atoms with van der Waals surface area (Å²) in [6.07, 6.45) is 4.05. The Morgan fingerprint density at radius 2 is 1.80 bits per heavy atom. The Balaban J connectivity index is 1.75. The second kappa shape index (κ2) is 5.71. The molecule has 3 aromatic rings. The van der Waals surface area contributed by atoms with Crippen molar-refractivity contribution in [3.8, 4) is 5.88 Å². The molecule has 3 heteroatoms. The number of rotatable bonds is 4. The van der Waals surface area contributed by atoms with E-state index >= 15 is 0 Å². The first-order valence-corrected chi connectivity index (χ1v) is 7.55. The van der Waals surface area contributed by atoms with Gasteiger partial charge in [-0.25, -0.2) is 0 Å². The van der Waals surface area contributed by atoms with Crippen LogP contribution in [0.1, 0.15) is 12.0 Å². The lowest BCUT2D eigenvalue weighted by Crippen LogP contribution is -1.97. The van der Waals surface area contributed by atoms with Crippen LogP contribution in [0.4, 0.5) is 0 Å². The molecule has 1 aromatic heterocycles. The number of hydrogen-bond acceptors (Lipinski definition) is 1. The molecule has 0 spiro atoms. The van der Waals surface area contributed by atoms with Crippen molar-refractivity contribution in [3.05, 3.63) is 64.8 Å². The molecule has 2 nitrogen and oxygen atoms in total. The molecule has 20 heavy (non-hydrogen) atoms. The highest BCUT2D eigenvalue weighted by Gasteiger charge is 2.10. The maximum Gasteiger partial charge on any atom is 0.200 e. The van der Waals surface area contributed by atoms with E-state index in [0.29, 0.717) is 5.88 Å². The van der Waals surface area contributed by atoms with Gasteiger partial charge in [0.15, 0.2) is 5.88 Å². The number of benzene rings is 2. The van der Waals surface area contributed by atoms with Gasteiger partial charge in [0.1, 0.15) is 0 Å². The van der Waals surface area contributed by atoms with Crippen molar-refractivity contribution in [2.45, 2.75) is 19.4 Å². The predicted octanol–water partition coefficient (Wildman–Crippen LogP) is 4.74. The maximum absolute atomic E-state index is 10.3. The molecule has 0 saturated carbocycles. The normalized spacial score (nSPS) is 11.1. The first-order valence-electron chi connectivity index (χ1n) is 6.76. The van der Waals surface area contributed by atoms with E-state index < -0.39 is 0 Å². The molecule has 102 valence electrons. The lowest BCUT2D eigenvalue weighted by molar-refractivity contribution is 0.418. The van der Waals surface area contributed by atoms with Crippen molar-refractivity contribution >= 4 is 26.7 Å². The van der Waals surface area contributed by atoms with E-state index in [-0.39, 0.29) is 0 Å². The minimum Gasteiger partial charge on any atom is -0.494 e. The highest BCUT2D eigenvalue weighted by atomic mass is 79.9. The molecular formula is C17H16BrNO. The molecule has 0 unspecified atom stereocenters. The average Bonchev–Trinajstić information content (AvgIpc) is 2.78. The molecule has 0 aliphatic carbocycles. The molecule has 0 aliphatic heterocycles. The summed E-state index contributed by atoms with van der Waals surface area (Å²) in [5.41, 5.74) is 1.34. The largest absolute Gasteiger partial charge is 0.494 e. The summed E-state index contributed by atoms with van der Waals surface area (Å²) in [6, 6.07) is 16.4. The Morgan fingerprint density at radius 1 is 1.00 bits per heavy atom. The van der Waals surface area contributed by atoms with Gasteiger partial charge in [-0.1, -0.05) is 42.5 Å². The number of aromatic nitrogens is 1. The van der Waals surface area contributed by atoms with E-state index in [1.54, 1.807) is 0 Å². The van der Waals surface area contributed by atoms with Crippen LogP contribution in [-0.4, -0.2) is 9.67 Å². The van der Waals surface area contributed by atoms with Crippen LogP contribution in [0.15, 0.2) is 59.2 Å². The monoisotopic (exact) mass is 329 g/mol. The zero-order valence-electron chi connectivity index (χ0n) is 11.1. The van der Waals surface area contributed by atoms with Crippen LogP contribution in [0.25, 0.3) is 10.8 Å². The number of halogens is 1. The molecule has 0 radical (unpaired) electrons. The van der Waals surface area contributed by atoms with Gasteiger partial charge < -0.3 is 9.67 Å². The minimum atomic E-state index is 0.348. The number of nitrogens with zero attached hydrogens (tertiary/aromatic N) is 1. The molecule has 0 atom stereocenters. The van der Waals surface area contributed by atoms with Gasteiger partial charge in [-0.3, -0.25) is 0 Å². The lowest BCUT2D eigenvalue weighted by Gasteiger charge is -2.05. The first-order chi connectivity index (χ1) is 9.75. The highest BCUT2D eigenvalue weighted by molar-refractivity contribution is 9.10. The van der Waals surface area contributed by atoms with E-state index in [4.69, 9.17) is 0 Å². The summed E-state index contributed by atoms with van der Waals surface area (Å²) < 4.78 is 2.87. The smallest absolute Gasteiger partial charge is 0.200 e. The zero-order chi connectivity index (χ0) is 13.9. The molecule has 1 heterocycles. The second-order valence-corrected chi connectivity index (χ2v) is 5.79. The third-order valence-electron chi connectivity index (χ3n) is 3.54. The Labute approximate surface area is 126 Å². The van der Waals surface area contributed by atoms with Crippen LogP contribution < -0.4 is 0 Å². The van der Waals surface area contributed by atoms with Crippen molar-refractivity contribution in [3.63, 3.8) is 0 Å². The molecule has 0 fully saturated rings. The quantitative estimate of drug-likeness (QED) is 0.734. The SMILES string of the molecule is Oc1c2c(Br)cccc2cn1CCCc1ccccc1. The van der Waals surface area contributed by atoms with Gasteiger partial charge in [-0.05, 0) is 40.4 Å². The van der Waals surface area contributed by atoms with Gasteiger partial charge >= 0.3 is 0 Å². The van der Waals surface area contributed by atoms with Gasteiger partial charge in [0, 0.05) is 22.6 Å². The van der Waals surface area contributed by atoms with E-state index in [1.165, 1.54) is 5.56 Å². The third-order valence-corrected chi connectivity index (χ3v) is 4.20. The van der Waals surface area contributed by atoms with Crippen molar-refractivity contribution < 1.29 is 5.11 Å². The summed E-state index contributed by atoms with van der Waals surface area (Å²) in [5.74, 6) is 0.348. The summed E-state index contributed by atoms with van der Waals surface area (Å²) >= 11 is 3.49. The fraction of sp³-hybridized carbons (Fsp3) is 0.176. The molecule has 3 rings (SSSR count). The Bertz CT molecular complexity index is 718. The van der Waals surface area contributed by atoms with Crippen LogP contribution in [-0.2, 0) is 13.0 Å². The van der Waals surface area contributed by atoms with Crippen LogP contribution in [0, 0.1) is 0 Å². The summed E-state index contributed by atoms with van der Waals surface area (Å²) in [6.45, 7) is 0.821. The van der Waals surface area contributed by atoms with Gasteiger partial charge in [0.2, 0.25) is 0 Å². The number of fused-ring (bicyclic) bond motifs is 1. The van der Waals surface area contributed by atoms with E-state index in [9.17, 15) is 5.11 Å². The van der Waals surface area contributed by atoms with Crippen LogP contribution >= 0.6 is 15.9 Å². The Hall–Kier alpha value is -1.74. The van der Waals surface area contributed by atoms with E-state index in [1.807, 2.05) is 35.0 Å². The second-order valence-electron chi connectivity index (χ2n) is 4.94. The van der Waals surface area contributed by atoms with Gasteiger partial charge in [-0.2, -0.15) is 0 Å². The Kier molecular flexibility index (Phi) is 3.79. The summed E-state index contributed by atoms with van der Waals surface area (Å²) in [4.78, 5) is 0. The standard InChI is InChI=1S/C17H16BrNO/c18-15-10-4-9-14-12-19(17(20)16(14)15)11-5-8-13-6-2-1-3-7-13/h1-4,6-7,9-10,12,20H,5,8,11H2. The summed E-state index contributed by atoms with van der Waals surface area (Å²) in [7, 11) is 0. The van der Waals surface area contributed by atoms with Crippen molar-refractivity contribution in [1.82, 2.24) is 4.57 Å². The molecule has 2 aromatic carbocycles. The lowest BCUT2D eigenvalue weighted by atomic mass is 10.1. The van der Waals surface area contributed by atoms with Crippen LogP contribution in [0.2, 0.25) is 0 Å². The van der Waals surface area contributed by atoms with Gasteiger partial charge in [0.05, 0.1) is 5.39 Å². The molecular weight excluding hydrogens is 314 g/mol. The third kappa shape index (κ3) is 2.59. The average molecular weight is 330 g/mol. The summed E-state index contributed by atoms with van der Waals surface area (Å²) in [5, 5.41) is 12.3. The van der Waals surface area contributed by atoms with E-state index in [2.05, 4.69) is 40.2 Å². The fourth-order valence-electron chi connectivity index (χ4n) is 2.53. The Morgan fingerprint density at radius 3 is 2.55 bits per heavy atom. The fourth-order valence-corrected chi connectivity index (χ4v) is 3.08. The zero-order valence-corrected chi connectivity index (χ0v) is 12.7. The highest BCUT2D eigenvalue weighted by Crippen LogP contribution is 2.33. The van der Waals surface area contributed by atoms with Crippen molar-refractivity contribution in [1.29, 1.82) is 0 Å². The molecule has 0 saturated heterocycles. The number of hydrogen-bond donors (Lipinski definition) is 1. The van der Waals surface area contributed by atoms with E-state index in [0.717, 1.165) is 34.6 Å². The van der Waals surface area contributed by atoms with Crippen molar-refractivity contribution in [2.24, 2.45) is 0 Å². The van der Waals surface area contributed by atoms with Crippen LogP contribution in [0.5, 0.6) is 5.88 Å². The maximum atomic E-state index is 10.3. The predicted molar refractivity (Wildman–Crippen MR) is 86.1 cm³/mol. The molecule has 0 amide bonds. The first kappa shape index (κ1) is 13.3. The number of aromatic hydroxyl groups is 1. The minimum absolute atomic E-state index is 0.348. The topological polar surface area (TPSA) is 25.2 Å². The molecule has 0 bridgehead atoms.